The molecule has 1 aromatic rings. The topological polar surface area (TPSA) is 29.5 Å². The van der Waals surface area contributed by atoms with Gasteiger partial charge in [-0.3, -0.25) is 4.90 Å². The third-order valence-electron chi connectivity index (χ3n) is 2.11. The summed E-state index contributed by atoms with van der Waals surface area (Å²) in [5, 5.41) is 0. The van der Waals surface area contributed by atoms with Crippen LogP contribution in [0.1, 0.15) is 5.56 Å². The average Bonchev–Trinajstić information content (AvgIpc) is 2.26. The molecule has 3 nitrogen and oxygen atoms in total. The fourth-order valence-corrected chi connectivity index (χ4v) is 1.38. The fourth-order valence-electron chi connectivity index (χ4n) is 1.38. The van der Waals surface area contributed by atoms with Gasteiger partial charge in [0.2, 0.25) is 0 Å². The molecule has 80 valence electrons. The third kappa shape index (κ3) is 2.59. The molecule has 0 saturated heterocycles. The van der Waals surface area contributed by atoms with E-state index in [-0.39, 0.29) is 6.09 Å². The number of para-hydroxylation sites is 1. The summed E-state index contributed by atoms with van der Waals surface area (Å²) in [5.41, 5.74) is 1.88. The Morgan fingerprint density at radius 3 is 2.73 bits per heavy atom. The number of aryl methyl sites for hydroxylation is 1. The van der Waals surface area contributed by atoms with Crippen LogP contribution in [0, 0.1) is 6.92 Å². The Morgan fingerprint density at radius 1 is 1.53 bits per heavy atom. The Balaban J connectivity index is 3.03. The van der Waals surface area contributed by atoms with Gasteiger partial charge in [-0.1, -0.05) is 24.3 Å². The Hall–Kier alpha value is -1.77. The second-order valence-electron chi connectivity index (χ2n) is 3.16. The van der Waals surface area contributed by atoms with Crippen molar-refractivity contribution in [2.45, 2.75) is 6.92 Å². The lowest BCUT2D eigenvalue weighted by Crippen LogP contribution is -2.31. The Kier molecular flexibility index (Phi) is 3.92. The lowest BCUT2D eigenvalue weighted by Gasteiger charge is -2.21. The molecule has 0 radical (unpaired) electrons. The first-order chi connectivity index (χ1) is 7.20. The highest BCUT2D eigenvalue weighted by molar-refractivity contribution is 5.88. The number of carbonyl (C=O) groups is 1. The molecule has 3 heteroatoms. The van der Waals surface area contributed by atoms with E-state index in [1.54, 1.807) is 11.0 Å². The van der Waals surface area contributed by atoms with Gasteiger partial charge in [-0.15, -0.1) is 6.58 Å². The van der Waals surface area contributed by atoms with Gasteiger partial charge in [0.05, 0.1) is 12.8 Å². The first-order valence-electron chi connectivity index (χ1n) is 4.72. The van der Waals surface area contributed by atoms with Crippen molar-refractivity contribution in [3.8, 4) is 0 Å². The molecule has 1 amide bonds. The molecule has 0 heterocycles. The highest BCUT2D eigenvalue weighted by atomic mass is 16.5. The number of anilines is 1. The van der Waals surface area contributed by atoms with E-state index in [4.69, 9.17) is 4.74 Å². The van der Waals surface area contributed by atoms with Crippen LogP contribution in [-0.2, 0) is 4.74 Å². The quantitative estimate of drug-likeness (QED) is 0.710. The summed E-state index contributed by atoms with van der Waals surface area (Å²) >= 11 is 0. The number of methoxy groups -OCH3 is 1. The van der Waals surface area contributed by atoms with Crippen LogP contribution >= 0.6 is 0 Å². The monoisotopic (exact) mass is 205 g/mol. The van der Waals surface area contributed by atoms with Crippen LogP contribution in [0.25, 0.3) is 0 Å². The van der Waals surface area contributed by atoms with E-state index in [1.807, 2.05) is 31.2 Å². The minimum Gasteiger partial charge on any atom is -0.452 e. The van der Waals surface area contributed by atoms with Gasteiger partial charge < -0.3 is 4.74 Å². The maximum absolute atomic E-state index is 11.5. The van der Waals surface area contributed by atoms with Crippen molar-refractivity contribution in [3.05, 3.63) is 42.5 Å². The molecule has 0 unspecified atom stereocenters. The summed E-state index contributed by atoms with van der Waals surface area (Å²) < 4.78 is 4.71. The summed E-state index contributed by atoms with van der Waals surface area (Å²) in [4.78, 5) is 13.1. The first-order valence-corrected chi connectivity index (χ1v) is 4.72. The molecule has 0 saturated carbocycles. The predicted molar refractivity (Wildman–Crippen MR) is 61.1 cm³/mol. The van der Waals surface area contributed by atoms with Gasteiger partial charge in [0.1, 0.15) is 0 Å². The average molecular weight is 205 g/mol. The van der Waals surface area contributed by atoms with E-state index in [9.17, 15) is 4.79 Å². The van der Waals surface area contributed by atoms with Gasteiger partial charge in [-0.25, -0.2) is 4.79 Å². The molecule has 0 fully saturated rings. The van der Waals surface area contributed by atoms with Crippen LogP contribution in [-0.4, -0.2) is 19.7 Å². The van der Waals surface area contributed by atoms with E-state index in [2.05, 4.69) is 6.58 Å². The van der Waals surface area contributed by atoms with Gasteiger partial charge in [-0.2, -0.15) is 0 Å². The minimum atomic E-state index is -0.371. The maximum Gasteiger partial charge on any atom is 0.414 e. The normalized spacial score (nSPS) is 9.47. The van der Waals surface area contributed by atoms with Crippen molar-refractivity contribution in [1.29, 1.82) is 0 Å². The molecule has 0 spiro atoms. The minimum absolute atomic E-state index is 0.371. The van der Waals surface area contributed by atoms with Gasteiger partial charge in [0, 0.05) is 6.54 Å². The summed E-state index contributed by atoms with van der Waals surface area (Å²) in [7, 11) is 1.37. The summed E-state index contributed by atoms with van der Waals surface area (Å²) in [6.07, 6.45) is 1.30. The number of carbonyl (C=O) groups excluding carboxylic acids is 1. The molecule has 0 aliphatic heterocycles. The molecule has 0 aliphatic rings. The van der Waals surface area contributed by atoms with Gasteiger partial charge in [-0.05, 0) is 18.6 Å². The second-order valence-corrected chi connectivity index (χ2v) is 3.16. The van der Waals surface area contributed by atoms with E-state index in [1.165, 1.54) is 7.11 Å². The Bertz CT molecular complexity index is 360. The molecule has 0 bridgehead atoms. The number of nitrogens with zero attached hydrogens (tertiary/aromatic N) is 1. The summed E-state index contributed by atoms with van der Waals surface area (Å²) in [5.74, 6) is 0. The first kappa shape index (κ1) is 11.3. The maximum atomic E-state index is 11.5. The second kappa shape index (κ2) is 5.20. The number of hydrogen-bond acceptors (Lipinski definition) is 2. The summed E-state index contributed by atoms with van der Waals surface area (Å²) in [6, 6.07) is 7.66. The lowest BCUT2D eigenvalue weighted by molar-refractivity contribution is 0.179. The van der Waals surface area contributed by atoms with Crippen LogP contribution in [0.3, 0.4) is 0 Å². The van der Waals surface area contributed by atoms with Crippen molar-refractivity contribution < 1.29 is 9.53 Å². The number of benzene rings is 1. The Labute approximate surface area is 90.0 Å². The van der Waals surface area contributed by atoms with Crippen molar-refractivity contribution in [1.82, 2.24) is 0 Å². The van der Waals surface area contributed by atoms with Crippen LogP contribution < -0.4 is 4.90 Å². The Morgan fingerprint density at radius 2 is 2.20 bits per heavy atom. The van der Waals surface area contributed by atoms with E-state index < -0.39 is 0 Å². The van der Waals surface area contributed by atoms with E-state index in [0.29, 0.717) is 6.54 Å². The molecule has 15 heavy (non-hydrogen) atoms. The zero-order valence-electron chi connectivity index (χ0n) is 9.06. The zero-order chi connectivity index (χ0) is 11.3. The van der Waals surface area contributed by atoms with Gasteiger partial charge >= 0.3 is 6.09 Å². The van der Waals surface area contributed by atoms with Crippen LogP contribution in [0.2, 0.25) is 0 Å². The largest absolute Gasteiger partial charge is 0.452 e. The van der Waals surface area contributed by atoms with E-state index >= 15 is 0 Å². The molecule has 0 atom stereocenters. The molecule has 0 N–H and O–H groups in total. The van der Waals surface area contributed by atoms with Crippen LogP contribution in [0.5, 0.6) is 0 Å². The lowest BCUT2D eigenvalue weighted by atomic mass is 10.2. The van der Waals surface area contributed by atoms with E-state index in [0.717, 1.165) is 11.3 Å². The highest BCUT2D eigenvalue weighted by Gasteiger charge is 2.15. The molecule has 0 aromatic heterocycles. The molecular formula is C12H15NO2. The predicted octanol–water partition coefficient (Wildman–Crippen LogP) is 2.75. The van der Waals surface area contributed by atoms with Crippen LogP contribution in [0.15, 0.2) is 36.9 Å². The number of rotatable bonds is 3. The van der Waals surface area contributed by atoms with Crippen molar-refractivity contribution in [2.75, 3.05) is 18.6 Å². The molecule has 1 rings (SSSR count). The highest BCUT2D eigenvalue weighted by Crippen LogP contribution is 2.19. The standard InChI is InChI=1S/C12H15NO2/c1-4-9-13(12(14)15-3)11-8-6-5-7-10(11)2/h4-8H,1,9H2,2-3H3. The zero-order valence-corrected chi connectivity index (χ0v) is 9.06. The number of amides is 1. The molecule has 0 aliphatic carbocycles. The van der Waals surface area contributed by atoms with Crippen molar-refractivity contribution >= 4 is 11.8 Å². The van der Waals surface area contributed by atoms with Gasteiger partial charge in [0.15, 0.2) is 0 Å². The molecule has 1 aromatic carbocycles. The van der Waals surface area contributed by atoms with Crippen molar-refractivity contribution in [3.63, 3.8) is 0 Å². The summed E-state index contributed by atoms with van der Waals surface area (Å²) in [6.45, 7) is 6.02. The smallest absolute Gasteiger partial charge is 0.414 e. The van der Waals surface area contributed by atoms with Crippen LogP contribution in [0.4, 0.5) is 10.5 Å². The fraction of sp³-hybridized carbons (Fsp3) is 0.250. The van der Waals surface area contributed by atoms with Crippen molar-refractivity contribution in [2.24, 2.45) is 0 Å². The number of ether oxygens (including phenoxy) is 1. The molecular weight excluding hydrogens is 190 g/mol. The number of hydrogen-bond donors (Lipinski definition) is 0. The SMILES string of the molecule is C=CCN(C(=O)OC)c1ccccc1C. The third-order valence-corrected chi connectivity index (χ3v) is 2.11. The van der Waals surface area contributed by atoms with Gasteiger partial charge in [0.25, 0.3) is 0 Å².